The molecule has 6 nitrogen and oxygen atoms in total. The van der Waals surface area contributed by atoms with Gasteiger partial charge in [-0.25, -0.2) is 9.97 Å². The molecule has 0 saturated carbocycles. The van der Waals surface area contributed by atoms with E-state index in [2.05, 4.69) is 22.0 Å². The van der Waals surface area contributed by atoms with Crippen molar-refractivity contribution in [1.82, 2.24) is 19.7 Å². The number of rotatable bonds is 5. The van der Waals surface area contributed by atoms with E-state index < -0.39 is 11.9 Å². The number of aromatic nitrogens is 4. The summed E-state index contributed by atoms with van der Waals surface area (Å²) in [6.45, 7) is 3.69. The van der Waals surface area contributed by atoms with E-state index in [4.69, 9.17) is 16.7 Å². The monoisotopic (exact) mass is 296 g/mol. The molecule has 0 radical (unpaired) electrons. The molecule has 1 N–H and O–H groups in total. The molecule has 0 bridgehead atoms. The number of hydrogen-bond donors (Lipinski definition) is 1. The van der Waals surface area contributed by atoms with Crippen molar-refractivity contribution in [2.75, 3.05) is 0 Å². The Hall–Kier alpha value is -1.69. The van der Waals surface area contributed by atoms with E-state index in [0.717, 1.165) is 24.1 Å². The van der Waals surface area contributed by atoms with Gasteiger partial charge in [0.15, 0.2) is 5.15 Å². The number of fused-ring (bicyclic) bond motifs is 1. The predicted octanol–water partition coefficient (Wildman–Crippen LogP) is 2.23. The summed E-state index contributed by atoms with van der Waals surface area (Å²) in [5.41, 5.74) is 2.29. The molecule has 1 atom stereocenters. The molecule has 108 valence electrons. The summed E-state index contributed by atoms with van der Waals surface area (Å²) in [7, 11) is 1.80. The van der Waals surface area contributed by atoms with E-state index in [0.29, 0.717) is 16.5 Å². The molecule has 0 aromatic carbocycles. The lowest BCUT2D eigenvalue weighted by atomic mass is 10.1. The third-order valence-electron chi connectivity index (χ3n) is 3.15. The highest BCUT2D eigenvalue weighted by Crippen LogP contribution is 2.24. The molecule has 20 heavy (non-hydrogen) atoms. The van der Waals surface area contributed by atoms with Crippen molar-refractivity contribution < 1.29 is 9.90 Å². The van der Waals surface area contributed by atoms with Gasteiger partial charge in [-0.15, -0.1) is 0 Å². The van der Waals surface area contributed by atoms with E-state index in [1.807, 2.05) is 0 Å². The van der Waals surface area contributed by atoms with Gasteiger partial charge in [0.05, 0.1) is 11.6 Å². The first-order valence-corrected chi connectivity index (χ1v) is 6.92. The number of nitrogens with zero attached hydrogens (tertiary/aromatic N) is 4. The number of halogens is 1. The molecule has 2 aromatic heterocycles. The predicted molar refractivity (Wildman–Crippen MR) is 75.8 cm³/mol. The maximum atomic E-state index is 10.9. The van der Waals surface area contributed by atoms with Gasteiger partial charge in [-0.2, -0.15) is 5.10 Å². The second-order valence-corrected chi connectivity index (χ2v) is 5.25. The second-order valence-electron chi connectivity index (χ2n) is 4.89. The van der Waals surface area contributed by atoms with Gasteiger partial charge in [-0.3, -0.25) is 9.48 Å². The first-order chi connectivity index (χ1) is 9.43. The Labute approximate surface area is 121 Å². The van der Waals surface area contributed by atoms with Crippen molar-refractivity contribution in [1.29, 1.82) is 0 Å². The molecule has 2 heterocycles. The molecule has 2 rings (SSSR count). The van der Waals surface area contributed by atoms with Gasteiger partial charge >= 0.3 is 5.97 Å². The highest BCUT2D eigenvalue weighted by molar-refractivity contribution is 6.33. The number of carbonyl (C=O) groups is 1. The largest absolute Gasteiger partial charge is 0.481 e. The van der Waals surface area contributed by atoms with Crippen LogP contribution in [-0.2, 0) is 24.7 Å². The summed E-state index contributed by atoms with van der Waals surface area (Å²) in [5, 5.41) is 13.7. The number of aryl methyl sites for hydroxylation is 2. The molecule has 0 spiro atoms. The summed E-state index contributed by atoms with van der Waals surface area (Å²) in [4.78, 5) is 19.6. The lowest BCUT2D eigenvalue weighted by Gasteiger charge is -2.06. The van der Waals surface area contributed by atoms with E-state index in [1.54, 1.807) is 18.7 Å². The molecule has 0 aliphatic carbocycles. The number of carboxylic acids is 1. The van der Waals surface area contributed by atoms with Crippen molar-refractivity contribution in [2.24, 2.45) is 13.0 Å². The minimum absolute atomic E-state index is 0.255. The quantitative estimate of drug-likeness (QED) is 0.856. The van der Waals surface area contributed by atoms with Gasteiger partial charge in [-0.05, 0) is 6.42 Å². The van der Waals surface area contributed by atoms with E-state index in [-0.39, 0.29) is 6.42 Å². The number of aliphatic carboxylic acids is 1. The topological polar surface area (TPSA) is 80.9 Å². The third kappa shape index (κ3) is 2.75. The maximum Gasteiger partial charge on any atom is 0.306 e. The van der Waals surface area contributed by atoms with Crippen LogP contribution in [0.1, 0.15) is 31.8 Å². The highest BCUT2D eigenvalue weighted by Gasteiger charge is 2.18. The molecular weight excluding hydrogens is 280 g/mol. The second kappa shape index (κ2) is 5.75. The Morgan fingerprint density at radius 2 is 2.15 bits per heavy atom. The minimum atomic E-state index is -0.871. The molecule has 0 saturated heterocycles. The lowest BCUT2D eigenvalue weighted by Crippen LogP contribution is -2.14. The molecule has 2 aromatic rings. The van der Waals surface area contributed by atoms with E-state index in [1.165, 1.54) is 0 Å². The van der Waals surface area contributed by atoms with E-state index >= 15 is 0 Å². The normalized spacial score (nSPS) is 12.8. The summed E-state index contributed by atoms with van der Waals surface area (Å²) in [6, 6.07) is 0. The van der Waals surface area contributed by atoms with Crippen LogP contribution in [0.15, 0.2) is 0 Å². The van der Waals surface area contributed by atoms with E-state index in [9.17, 15) is 4.79 Å². The molecule has 1 unspecified atom stereocenters. The average Bonchev–Trinajstić information content (AvgIpc) is 2.67. The fraction of sp³-hybridized carbons (Fsp3) is 0.538. The summed E-state index contributed by atoms with van der Waals surface area (Å²) < 4.78 is 1.67. The minimum Gasteiger partial charge on any atom is -0.481 e. The SMILES string of the molecule is CCCc1nn(C)c2c(Cl)nc(CC(C)C(=O)O)nc12. The van der Waals surface area contributed by atoms with Crippen LogP contribution in [0.2, 0.25) is 5.15 Å². The maximum absolute atomic E-state index is 10.9. The third-order valence-corrected chi connectivity index (χ3v) is 3.42. The summed E-state index contributed by atoms with van der Waals surface area (Å²) in [5.74, 6) is -0.970. The van der Waals surface area contributed by atoms with Crippen molar-refractivity contribution in [3.63, 3.8) is 0 Å². The van der Waals surface area contributed by atoms with Crippen LogP contribution >= 0.6 is 11.6 Å². The first-order valence-electron chi connectivity index (χ1n) is 6.54. The average molecular weight is 297 g/mol. The van der Waals surface area contributed by atoms with Crippen molar-refractivity contribution in [2.45, 2.75) is 33.1 Å². The van der Waals surface area contributed by atoms with Gasteiger partial charge in [0.25, 0.3) is 0 Å². The summed E-state index contributed by atoms with van der Waals surface area (Å²) in [6.07, 6.45) is 2.01. The Morgan fingerprint density at radius 3 is 2.75 bits per heavy atom. The zero-order chi connectivity index (χ0) is 14.9. The zero-order valence-electron chi connectivity index (χ0n) is 11.7. The molecule has 7 heteroatoms. The first kappa shape index (κ1) is 14.7. The van der Waals surface area contributed by atoms with Crippen molar-refractivity contribution >= 4 is 28.6 Å². The van der Waals surface area contributed by atoms with Crippen LogP contribution in [0, 0.1) is 5.92 Å². The Morgan fingerprint density at radius 1 is 1.45 bits per heavy atom. The Balaban J connectivity index is 2.49. The fourth-order valence-electron chi connectivity index (χ4n) is 2.10. The van der Waals surface area contributed by atoms with Gasteiger partial charge in [-0.1, -0.05) is 31.9 Å². The summed E-state index contributed by atoms with van der Waals surface area (Å²) >= 11 is 6.18. The van der Waals surface area contributed by atoms with Gasteiger partial charge in [0.2, 0.25) is 0 Å². The molecule has 0 aliphatic rings. The standard InChI is InChI=1S/C13H17ClN4O2/c1-4-5-8-10-11(18(3)17-8)12(14)16-9(15-10)6-7(2)13(19)20/h7H,4-6H2,1-3H3,(H,19,20). The fourth-order valence-corrected chi connectivity index (χ4v) is 2.40. The van der Waals surface area contributed by atoms with Crippen LogP contribution in [-0.4, -0.2) is 30.8 Å². The van der Waals surface area contributed by atoms with Crippen molar-refractivity contribution in [3.05, 3.63) is 16.7 Å². The van der Waals surface area contributed by atoms with Crippen molar-refractivity contribution in [3.8, 4) is 0 Å². The zero-order valence-corrected chi connectivity index (χ0v) is 12.5. The lowest BCUT2D eigenvalue weighted by molar-refractivity contribution is -0.141. The molecule has 0 amide bonds. The Bertz CT molecular complexity index is 653. The smallest absolute Gasteiger partial charge is 0.306 e. The van der Waals surface area contributed by atoms with Crippen LogP contribution in [0.5, 0.6) is 0 Å². The number of hydrogen-bond acceptors (Lipinski definition) is 4. The highest BCUT2D eigenvalue weighted by atomic mass is 35.5. The van der Waals surface area contributed by atoms with Crippen LogP contribution in [0.3, 0.4) is 0 Å². The van der Waals surface area contributed by atoms with Gasteiger partial charge < -0.3 is 5.11 Å². The van der Waals surface area contributed by atoms with Gasteiger partial charge in [0.1, 0.15) is 16.9 Å². The molecular formula is C13H17ClN4O2. The molecule has 0 aliphatic heterocycles. The van der Waals surface area contributed by atoms with Crippen LogP contribution in [0.4, 0.5) is 0 Å². The Kier molecular flexibility index (Phi) is 4.23. The van der Waals surface area contributed by atoms with Crippen LogP contribution < -0.4 is 0 Å². The van der Waals surface area contributed by atoms with Crippen LogP contribution in [0.25, 0.3) is 11.0 Å². The van der Waals surface area contributed by atoms with Gasteiger partial charge in [0, 0.05) is 13.5 Å². The number of carboxylic acid groups (broad SMARTS) is 1. The molecule has 0 fully saturated rings.